The number of benzene rings is 1. The van der Waals surface area contributed by atoms with Gasteiger partial charge in [-0.3, -0.25) is 4.79 Å². The number of anilines is 2. The standard InChI is InChI=1S/C25H29FN6O/c1-14(2)21-13-31(8-7-27-21)22-6-5-18(23-19(22)9-15(3)28-23)25(33)30-17-10-20(26)24-29-16(4)11-32(24)12-17/h5-6,9-12,14,21,27-28H,7-8,13H2,1-4H3,(H,30,33)/t21-/m1/s1. The molecule has 0 radical (unpaired) electrons. The molecule has 0 saturated carbocycles. The molecule has 0 bridgehead atoms. The first-order chi connectivity index (χ1) is 15.8. The van der Waals surface area contributed by atoms with Crippen LogP contribution < -0.4 is 15.5 Å². The maximum atomic E-state index is 14.5. The SMILES string of the molecule is Cc1cn2cc(NC(=O)c3ccc(N4CCN[C@@H](C(C)C)C4)c4cc(C)[nH]c34)cc(F)c2n1. The van der Waals surface area contributed by atoms with Crippen molar-refractivity contribution in [2.24, 2.45) is 5.92 Å². The summed E-state index contributed by atoms with van der Waals surface area (Å²) in [5, 5.41) is 7.47. The first-order valence-corrected chi connectivity index (χ1v) is 11.4. The van der Waals surface area contributed by atoms with E-state index in [1.165, 1.54) is 6.07 Å². The minimum Gasteiger partial charge on any atom is -0.368 e. The Morgan fingerprint density at radius 3 is 2.85 bits per heavy atom. The molecule has 33 heavy (non-hydrogen) atoms. The molecule has 1 amide bonds. The molecule has 8 heteroatoms. The van der Waals surface area contributed by atoms with Crippen molar-refractivity contribution in [3.8, 4) is 0 Å². The average molecular weight is 449 g/mol. The van der Waals surface area contributed by atoms with Crippen LogP contribution in [0.1, 0.15) is 35.6 Å². The number of hydrogen-bond donors (Lipinski definition) is 3. The number of aromatic amines is 1. The van der Waals surface area contributed by atoms with E-state index in [0.717, 1.165) is 41.9 Å². The highest BCUT2D eigenvalue weighted by Gasteiger charge is 2.25. The van der Waals surface area contributed by atoms with Crippen LogP contribution in [0, 0.1) is 25.6 Å². The average Bonchev–Trinajstić information content (AvgIpc) is 3.34. The fourth-order valence-electron chi connectivity index (χ4n) is 4.69. The van der Waals surface area contributed by atoms with E-state index in [-0.39, 0.29) is 11.6 Å². The minimum absolute atomic E-state index is 0.243. The summed E-state index contributed by atoms with van der Waals surface area (Å²) in [6, 6.07) is 7.70. The molecule has 0 aliphatic carbocycles. The number of carbonyl (C=O) groups is 1. The number of fused-ring (bicyclic) bond motifs is 2. The van der Waals surface area contributed by atoms with Gasteiger partial charge in [-0.1, -0.05) is 13.8 Å². The number of carbonyl (C=O) groups excluding carboxylic acids is 1. The fourth-order valence-corrected chi connectivity index (χ4v) is 4.69. The fraction of sp³-hybridized carbons (Fsp3) is 0.360. The van der Waals surface area contributed by atoms with Crippen molar-refractivity contribution in [3.63, 3.8) is 0 Å². The van der Waals surface area contributed by atoms with Crippen LogP contribution in [0.5, 0.6) is 0 Å². The number of nitrogens with zero attached hydrogens (tertiary/aromatic N) is 3. The Morgan fingerprint density at radius 2 is 2.06 bits per heavy atom. The molecule has 7 nitrogen and oxygen atoms in total. The molecular weight excluding hydrogens is 419 g/mol. The van der Waals surface area contributed by atoms with Crippen LogP contribution >= 0.6 is 0 Å². The number of aryl methyl sites for hydroxylation is 2. The Balaban J connectivity index is 1.48. The lowest BCUT2D eigenvalue weighted by Gasteiger charge is -2.37. The number of H-pyrrole nitrogens is 1. The topological polar surface area (TPSA) is 77.5 Å². The predicted octanol–water partition coefficient (Wildman–Crippen LogP) is 4.26. The van der Waals surface area contributed by atoms with Crippen LogP contribution in [0.15, 0.2) is 36.7 Å². The molecule has 0 spiro atoms. The molecule has 172 valence electrons. The Kier molecular flexibility index (Phi) is 5.32. The number of pyridine rings is 1. The zero-order valence-corrected chi connectivity index (χ0v) is 19.4. The van der Waals surface area contributed by atoms with Gasteiger partial charge in [-0.25, -0.2) is 9.37 Å². The third-order valence-electron chi connectivity index (χ3n) is 6.39. The van der Waals surface area contributed by atoms with Crippen molar-refractivity contribution >= 4 is 33.8 Å². The maximum absolute atomic E-state index is 14.5. The summed E-state index contributed by atoms with van der Waals surface area (Å²) in [4.78, 5) is 23.1. The van der Waals surface area contributed by atoms with Gasteiger partial charge in [0.1, 0.15) is 0 Å². The molecule has 1 aliphatic heterocycles. The Morgan fingerprint density at radius 1 is 1.24 bits per heavy atom. The molecule has 4 aromatic rings. The van der Waals surface area contributed by atoms with Crippen molar-refractivity contribution in [2.75, 3.05) is 29.9 Å². The summed E-state index contributed by atoms with van der Waals surface area (Å²) in [5.74, 6) is -0.224. The molecular formula is C25H29FN6O. The van der Waals surface area contributed by atoms with E-state index >= 15 is 0 Å². The predicted molar refractivity (Wildman–Crippen MR) is 130 cm³/mol. The Bertz CT molecular complexity index is 1350. The molecule has 1 atom stereocenters. The zero-order valence-electron chi connectivity index (χ0n) is 19.4. The molecule has 1 aliphatic rings. The van der Waals surface area contributed by atoms with E-state index in [1.54, 1.807) is 23.7 Å². The van der Waals surface area contributed by atoms with Crippen LogP contribution in [0.3, 0.4) is 0 Å². The van der Waals surface area contributed by atoms with Gasteiger partial charge >= 0.3 is 0 Å². The summed E-state index contributed by atoms with van der Waals surface area (Å²) in [5.41, 5.74) is 4.77. The molecule has 1 saturated heterocycles. The van der Waals surface area contributed by atoms with Crippen LogP contribution in [0.4, 0.5) is 15.8 Å². The normalized spacial score (nSPS) is 16.8. The first-order valence-electron chi connectivity index (χ1n) is 11.4. The van der Waals surface area contributed by atoms with Crippen molar-refractivity contribution < 1.29 is 9.18 Å². The number of imidazole rings is 1. The van der Waals surface area contributed by atoms with Gasteiger partial charge in [-0.2, -0.15) is 0 Å². The third-order valence-corrected chi connectivity index (χ3v) is 6.39. The van der Waals surface area contributed by atoms with Crippen LogP contribution in [-0.2, 0) is 0 Å². The van der Waals surface area contributed by atoms with Crippen molar-refractivity contribution in [3.05, 3.63) is 59.4 Å². The van der Waals surface area contributed by atoms with E-state index in [1.807, 2.05) is 19.1 Å². The third kappa shape index (κ3) is 3.95. The van der Waals surface area contributed by atoms with Crippen molar-refractivity contribution in [2.45, 2.75) is 33.7 Å². The van der Waals surface area contributed by atoms with E-state index in [4.69, 9.17) is 0 Å². The van der Waals surface area contributed by atoms with Gasteiger partial charge in [-0.15, -0.1) is 0 Å². The quantitative estimate of drug-likeness (QED) is 0.436. The summed E-state index contributed by atoms with van der Waals surface area (Å²) >= 11 is 0. The lowest BCUT2D eigenvalue weighted by Crippen LogP contribution is -2.53. The second-order valence-corrected chi connectivity index (χ2v) is 9.27. The highest BCUT2D eigenvalue weighted by molar-refractivity contribution is 6.14. The van der Waals surface area contributed by atoms with E-state index in [2.05, 4.69) is 45.4 Å². The van der Waals surface area contributed by atoms with Gasteiger partial charge in [0.05, 0.1) is 22.5 Å². The second-order valence-electron chi connectivity index (χ2n) is 9.27. The Labute approximate surface area is 192 Å². The van der Waals surface area contributed by atoms with Gasteiger partial charge in [0, 0.05) is 60.9 Å². The summed E-state index contributed by atoms with van der Waals surface area (Å²) in [6.07, 6.45) is 3.40. The number of halogens is 1. The molecule has 4 heterocycles. The lowest BCUT2D eigenvalue weighted by atomic mass is 10.0. The monoisotopic (exact) mass is 448 g/mol. The van der Waals surface area contributed by atoms with Gasteiger partial charge in [0.15, 0.2) is 11.5 Å². The maximum Gasteiger partial charge on any atom is 0.257 e. The largest absolute Gasteiger partial charge is 0.368 e. The molecule has 1 fully saturated rings. The van der Waals surface area contributed by atoms with E-state index < -0.39 is 5.82 Å². The molecule has 0 unspecified atom stereocenters. The second kappa shape index (κ2) is 8.19. The van der Waals surface area contributed by atoms with E-state index in [9.17, 15) is 9.18 Å². The highest BCUT2D eigenvalue weighted by Crippen LogP contribution is 2.32. The first kappa shape index (κ1) is 21.5. The van der Waals surface area contributed by atoms with Gasteiger partial charge in [0.2, 0.25) is 0 Å². The molecule has 3 aromatic heterocycles. The van der Waals surface area contributed by atoms with Crippen LogP contribution in [-0.4, -0.2) is 46.0 Å². The van der Waals surface area contributed by atoms with Gasteiger partial charge in [-0.05, 0) is 38.0 Å². The number of piperazine rings is 1. The summed E-state index contributed by atoms with van der Waals surface area (Å²) in [6.45, 7) is 11.0. The summed E-state index contributed by atoms with van der Waals surface area (Å²) in [7, 11) is 0. The highest BCUT2D eigenvalue weighted by atomic mass is 19.1. The van der Waals surface area contributed by atoms with Crippen LogP contribution in [0.2, 0.25) is 0 Å². The number of aromatic nitrogens is 3. The number of rotatable bonds is 4. The lowest BCUT2D eigenvalue weighted by molar-refractivity contribution is 0.102. The van der Waals surface area contributed by atoms with Crippen LogP contribution in [0.25, 0.3) is 16.6 Å². The molecule has 5 rings (SSSR count). The Hall–Kier alpha value is -3.39. The van der Waals surface area contributed by atoms with Crippen molar-refractivity contribution in [1.29, 1.82) is 0 Å². The smallest absolute Gasteiger partial charge is 0.257 e. The number of amides is 1. The zero-order chi connectivity index (χ0) is 23.3. The number of hydrogen-bond acceptors (Lipinski definition) is 4. The van der Waals surface area contributed by atoms with Gasteiger partial charge in [0.25, 0.3) is 5.91 Å². The minimum atomic E-state index is -0.476. The number of nitrogens with one attached hydrogen (secondary N) is 3. The van der Waals surface area contributed by atoms with Crippen molar-refractivity contribution in [1.82, 2.24) is 19.7 Å². The molecule has 1 aromatic carbocycles. The van der Waals surface area contributed by atoms with Gasteiger partial charge < -0.3 is 24.9 Å². The summed E-state index contributed by atoms with van der Waals surface area (Å²) < 4.78 is 16.1. The molecule has 3 N–H and O–H groups in total. The van der Waals surface area contributed by atoms with E-state index in [0.29, 0.717) is 28.9 Å².